The van der Waals surface area contributed by atoms with E-state index in [9.17, 15) is 0 Å². The topological polar surface area (TPSA) is 66.6 Å². The molecule has 0 bridgehead atoms. The summed E-state index contributed by atoms with van der Waals surface area (Å²) in [7, 11) is 1.78. The van der Waals surface area contributed by atoms with E-state index in [0.29, 0.717) is 0 Å². The molecule has 1 aromatic carbocycles. The molecular formula is C18H22N6. The quantitative estimate of drug-likeness (QED) is 0.556. The lowest BCUT2D eigenvalue weighted by atomic mass is 10.1. The average molecular weight is 322 g/mol. The number of fused-ring (bicyclic) bond motifs is 1. The standard InChI is InChI=1S/C18H22N6/c1-14-7-3-4-8-15(14)13-21-18(19-2)20-11-10-17-23-22-16-9-5-6-12-24(16)17/h3-9,12H,10-11,13H2,1-2H3,(H2,19,20,21). The smallest absolute Gasteiger partial charge is 0.191 e. The van der Waals surface area contributed by atoms with Crippen molar-refractivity contribution in [1.82, 2.24) is 25.2 Å². The van der Waals surface area contributed by atoms with Crippen molar-refractivity contribution in [3.8, 4) is 0 Å². The molecule has 0 aliphatic heterocycles. The fraction of sp³-hybridized carbons (Fsp3) is 0.278. The molecule has 24 heavy (non-hydrogen) atoms. The van der Waals surface area contributed by atoms with Crippen LogP contribution in [0.2, 0.25) is 0 Å². The third kappa shape index (κ3) is 3.71. The van der Waals surface area contributed by atoms with E-state index in [1.165, 1.54) is 11.1 Å². The number of hydrogen-bond donors (Lipinski definition) is 2. The van der Waals surface area contributed by atoms with Gasteiger partial charge in [0.05, 0.1) is 0 Å². The summed E-state index contributed by atoms with van der Waals surface area (Å²) < 4.78 is 2.01. The van der Waals surface area contributed by atoms with Crippen LogP contribution in [0.5, 0.6) is 0 Å². The molecule has 3 aromatic rings. The second kappa shape index (κ2) is 7.59. The zero-order valence-corrected chi connectivity index (χ0v) is 14.0. The molecular weight excluding hydrogens is 300 g/mol. The summed E-state index contributed by atoms with van der Waals surface area (Å²) in [5.74, 6) is 1.72. The Morgan fingerprint density at radius 2 is 1.92 bits per heavy atom. The Kier molecular flexibility index (Phi) is 5.05. The molecule has 0 saturated carbocycles. The van der Waals surface area contributed by atoms with Gasteiger partial charge in [-0.05, 0) is 30.2 Å². The molecule has 0 saturated heterocycles. The Hall–Kier alpha value is -2.89. The van der Waals surface area contributed by atoms with Crippen LogP contribution in [-0.2, 0) is 13.0 Å². The fourth-order valence-electron chi connectivity index (χ4n) is 2.56. The average Bonchev–Trinajstić information content (AvgIpc) is 3.02. The minimum absolute atomic E-state index is 0.739. The van der Waals surface area contributed by atoms with Crippen LogP contribution in [0.3, 0.4) is 0 Å². The third-order valence-electron chi connectivity index (χ3n) is 3.96. The molecule has 0 fully saturated rings. The lowest BCUT2D eigenvalue weighted by molar-refractivity contribution is 0.760. The minimum Gasteiger partial charge on any atom is -0.356 e. The lowest BCUT2D eigenvalue weighted by Gasteiger charge is -2.12. The summed E-state index contributed by atoms with van der Waals surface area (Å²) in [4.78, 5) is 4.27. The molecule has 3 rings (SSSR count). The van der Waals surface area contributed by atoms with Crippen molar-refractivity contribution < 1.29 is 0 Å². The van der Waals surface area contributed by atoms with Gasteiger partial charge in [0.1, 0.15) is 5.82 Å². The van der Waals surface area contributed by atoms with Crippen LogP contribution in [0.25, 0.3) is 5.65 Å². The first-order valence-electron chi connectivity index (χ1n) is 8.05. The molecule has 0 radical (unpaired) electrons. The van der Waals surface area contributed by atoms with E-state index in [1.807, 2.05) is 28.8 Å². The van der Waals surface area contributed by atoms with E-state index in [1.54, 1.807) is 7.05 Å². The predicted molar refractivity (Wildman–Crippen MR) is 96.1 cm³/mol. The van der Waals surface area contributed by atoms with Crippen molar-refractivity contribution in [2.24, 2.45) is 4.99 Å². The minimum atomic E-state index is 0.739. The second-order valence-corrected chi connectivity index (χ2v) is 5.57. The van der Waals surface area contributed by atoms with E-state index < -0.39 is 0 Å². The predicted octanol–water partition coefficient (Wildman–Crippen LogP) is 1.95. The van der Waals surface area contributed by atoms with Gasteiger partial charge in [-0.1, -0.05) is 30.3 Å². The van der Waals surface area contributed by atoms with Crippen LogP contribution in [0.4, 0.5) is 0 Å². The second-order valence-electron chi connectivity index (χ2n) is 5.57. The summed E-state index contributed by atoms with van der Waals surface area (Å²) >= 11 is 0. The number of nitrogens with one attached hydrogen (secondary N) is 2. The number of pyridine rings is 1. The molecule has 0 atom stereocenters. The molecule has 124 valence electrons. The molecule has 0 unspecified atom stereocenters. The van der Waals surface area contributed by atoms with Crippen LogP contribution in [0, 0.1) is 6.92 Å². The molecule has 0 spiro atoms. The molecule has 6 heteroatoms. The summed E-state index contributed by atoms with van der Waals surface area (Å²) in [6, 6.07) is 14.2. The zero-order chi connectivity index (χ0) is 16.8. The van der Waals surface area contributed by atoms with Gasteiger partial charge in [0.15, 0.2) is 11.6 Å². The van der Waals surface area contributed by atoms with Crippen molar-refractivity contribution in [1.29, 1.82) is 0 Å². The maximum absolute atomic E-state index is 4.27. The van der Waals surface area contributed by atoms with Crippen LogP contribution >= 0.6 is 0 Å². The molecule has 6 nitrogen and oxygen atoms in total. The number of aliphatic imine (C=N–C) groups is 1. The highest BCUT2D eigenvalue weighted by Gasteiger charge is 2.05. The Bertz CT molecular complexity index is 836. The molecule has 2 heterocycles. The summed E-state index contributed by atoms with van der Waals surface area (Å²) in [6.07, 6.45) is 2.76. The Morgan fingerprint density at radius 3 is 2.75 bits per heavy atom. The number of aryl methyl sites for hydroxylation is 1. The van der Waals surface area contributed by atoms with E-state index in [4.69, 9.17) is 0 Å². The number of rotatable bonds is 5. The maximum atomic E-state index is 4.27. The van der Waals surface area contributed by atoms with Gasteiger partial charge < -0.3 is 10.6 Å². The molecule has 2 aromatic heterocycles. The highest BCUT2D eigenvalue weighted by Crippen LogP contribution is 2.06. The van der Waals surface area contributed by atoms with Gasteiger partial charge in [-0.25, -0.2) is 0 Å². The van der Waals surface area contributed by atoms with Crippen LogP contribution in [0.15, 0.2) is 53.7 Å². The number of guanidine groups is 1. The third-order valence-corrected chi connectivity index (χ3v) is 3.96. The maximum Gasteiger partial charge on any atom is 0.191 e. The van der Waals surface area contributed by atoms with E-state index >= 15 is 0 Å². The molecule has 0 amide bonds. The van der Waals surface area contributed by atoms with Gasteiger partial charge in [-0.2, -0.15) is 0 Å². The van der Waals surface area contributed by atoms with Crippen molar-refractivity contribution in [3.05, 3.63) is 65.6 Å². The number of benzene rings is 1. The van der Waals surface area contributed by atoms with Gasteiger partial charge in [0, 0.05) is 32.8 Å². The number of nitrogens with zero attached hydrogens (tertiary/aromatic N) is 4. The van der Waals surface area contributed by atoms with Gasteiger partial charge in [0.2, 0.25) is 0 Å². The molecule has 0 aliphatic rings. The SMILES string of the molecule is CN=C(NCCc1nnc2ccccn12)NCc1ccccc1C. The Labute approximate surface area is 141 Å². The van der Waals surface area contributed by atoms with Crippen LogP contribution < -0.4 is 10.6 Å². The van der Waals surface area contributed by atoms with E-state index in [0.717, 1.165) is 36.9 Å². The normalized spacial score (nSPS) is 11.7. The van der Waals surface area contributed by atoms with Crippen molar-refractivity contribution in [2.75, 3.05) is 13.6 Å². The van der Waals surface area contributed by atoms with Crippen LogP contribution in [0.1, 0.15) is 17.0 Å². The summed E-state index contributed by atoms with van der Waals surface area (Å²) in [5.41, 5.74) is 3.41. The van der Waals surface area contributed by atoms with Gasteiger partial charge in [-0.3, -0.25) is 9.39 Å². The zero-order valence-electron chi connectivity index (χ0n) is 14.0. The highest BCUT2D eigenvalue weighted by molar-refractivity contribution is 5.79. The van der Waals surface area contributed by atoms with Gasteiger partial charge >= 0.3 is 0 Å². The number of aromatic nitrogens is 3. The van der Waals surface area contributed by atoms with Crippen LogP contribution in [-0.4, -0.2) is 34.2 Å². The summed E-state index contributed by atoms with van der Waals surface area (Å²) in [5, 5.41) is 15.1. The van der Waals surface area contributed by atoms with Crippen molar-refractivity contribution in [2.45, 2.75) is 19.9 Å². The van der Waals surface area contributed by atoms with Crippen molar-refractivity contribution in [3.63, 3.8) is 0 Å². The van der Waals surface area contributed by atoms with E-state index in [-0.39, 0.29) is 0 Å². The number of hydrogen-bond acceptors (Lipinski definition) is 3. The first kappa shape index (κ1) is 16.0. The van der Waals surface area contributed by atoms with Crippen molar-refractivity contribution >= 4 is 11.6 Å². The first-order valence-corrected chi connectivity index (χ1v) is 8.05. The molecule has 0 aliphatic carbocycles. The fourth-order valence-corrected chi connectivity index (χ4v) is 2.56. The summed E-state index contributed by atoms with van der Waals surface area (Å²) in [6.45, 7) is 3.60. The Balaban J connectivity index is 1.52. The lowest BCUT2D eigenvalue weighted by Crippen LogP contribution is -2.38. The molecule has 2 N–H and O–H groups in total. The van der Waals surface area contributed by atoms with Gasteiger partial charge in [-0.15, -0.1) is 10.2 Å². The van der Waals surface area contributed by atoms with E-state index in [2.05, 4.69) is 57.0 Å². The monoisotopic (exact) mass is 322 g/mol. The highest BCUT2D eigenvalue weighted by atomic mass is 15.2. The Morgan fingerprint density at radius 1 is 1.08 bits per heavy atom. The van der Waals surface area contributed by atoms with Gasteiger partial charge in [0.25, 0.3) is 0 Å². The largest absolute Gasteiger partial charge is 0.356 e. The first-order chi connectivity index (χ1) is 11.8.